The Kier molecular flexibility index (Phi) is 7.56. The fraction of sp³-hybridized carbons (Fsp3) is 0.778. The van der Waals surface area contributed by atoms with Gasteiger partial charge in [-0.3, -0.25) is 4.79 Å². The second-order valence-corrected chi connectivity index (χ2v) is 7.02. The highest BCUT2D eigenvalue weighted by molar-refractivity contribution is 5.85. The van der Waals surface area contributed by atoms with Crippen LogP contribution in [0.4, 0.5) is 0 Å². The van der Waals surface area contributed by atoms with Crippen molar-refractivity contribution < 1.29 is 4.79 Å². The first-order valence-corrected chi connectivity index (χ1v) is 9.20. The normalized spacial score (nSPS) is 20.8. The number of piperidine rings is 1. The van der Waals surface area contributed by atoms with Crippen LogP contribution in [0.5, 0.6) is 0 Å². The van der Waals surface area contributed by atoms with Crippen molar-refractivity contribution >= 4 is 11.9 Å². The summed E-state index contributed by atoms with van der Waals surface area (Å²) in [7, 11) is 3.50. The Morgan fingerprint density at radius 2 is 1.92 bits per heavy atom. The number of aliphatic imine (C=N–C) groups is 1. The van der Waals surface area contributed by atoms with E-state index >= 15 is 0 Å². The third-order valence-corrected chi connectivity index (χ3v) is 5.00. The van der Waals surface area contributed by atoms with Crippen LogP contribution in [0.15, 0.2) is 17.6 Å². The number of likely N-dealkylation sites (tertiary alicyclic amines) is 1. The molecule has 0 spiro atoms. The summed E-state index contributed by atoms with van der Waals surface area (Å²) in [5, 5.41) is 6.70. The molecular formula is C18H33N5O. The van der Waals surface area contributed by atoms with Crippen molar-refractivity contribution in [3.8, 4) is 0 Å². The lowest BCUT2D eigenvalue weighted by atomic mass is 10.0. The first-order chi connectivity index (χ1) is 11.6. The van der Waals surface area contributed by atoms with Crippen molar-refractivity contribution in [1.29, 1.82) is 0 Å². The van der Waals surface area contributed by atoms with Gasteiger partial charge >= 0.3 is 0 Å². The Bertz CT molecular complexity index is 435. The molecule has 0 unspecified atom stereocenters. The molecule has 0 aromatic heterocycles. The number of rotatable bonds is 6. The molecule has 1 aliphatic carbocycles. The molecular weight excluding hydrogens is 302 g/mol. The number of guanidine groups is 1. The van der Waals surface area contributed by atoms with Gasteiger partial charge in [0.25, 0.3) is 0 Å². The van der Waals surface area contributed by atoms with Crippen LogP contribution in [0.3, 0.4) is 0 Å². The highest BCUT2D eigenvalue weighted by Crippen LogP contribution is 2.26. The van der Waals surface area contributed by atoms with Gasteiger partial charge in [-0.05, 0) is 25.7 Å². The third-order valence-electron chi connectivity index (χ3n) is 5.00. The molecule has 2 aliphatic rings. The van der Waals surface area contributed by atoms with E-state index in [0.29, 0.717) is 18.5 Å². The fourth-order valence-corrected chi connectivity index (χ4v) is 3.48. The van der Waals surface area contributed by atoms with Crippen molar-refractivity contribution in [3.63, 3.8) is 0 Å². The zero-order chi connectivity index (χ0) is 17.4. The average molecular weight is 335 g/mol. The minimum atomic E-state index is 0.00533. The van der Waals surface area contributed by atoms with Gasteiger partial charge in [0.15, 0.2) is 5.96 Å². The second kappa shape index (κ2) is 9.67. The Morgan fingerprint density at radius 3 is 2.50 bits per heavy atom. The molecule has 6 heteroatoms. The molecule has 0 radical (unpaired) electrons. The summed E-state index contributed by atoms with van der Waals surface area (Å²) in [4.78, 5) is 20.4. The van der Waals surface area contributed by atoms with E-state index in [1.807, 2.05) is 0 Å². The molecule has 2 rings (SSSR count). The summed E-state index contributed by atoms with van der Waals surface area (Å²) in [5.41, 5.74) is 0. The number of nitrogens with one attached hydrogen (secondary N) is 2. The van der Waals surface area contributed by atoms with E-state index < -0.39 is 0 Å². The van der Waals surface area contributed by atoms with Crippen molar-refractivity contribution in [1.82, 2.24) is 20.4 Å². The second-order valence-electron chi connectivity index (χ2n) is 7.02. The lowest BCUT2D eigenvalue weighted by Crippen LogP contribution is -2.50. The van der Waals surface area contributed by atoms with Crippen LogP contribution in [-0.2, 0) is 4.79 Å². The Hall–Kier alpha value is -1.56. The van der Waals surface area contributed by atoms with Crippen molar-refractivity contribution in [2.75, 3.05) is 40.3 Å². The first-order valence-electron chi connectivity index (χ1n) is 9.20. The molecule has 1 amide bonds. The van der Waals surface area contributed by atoms with Crippen molar-refractivity contribution in [2.24, 2.45) is 4.99 Å². The molecule has 0 atom stereocenters. The zero-order valence-electron chi connectivity index (χ0n) is 15.3. The van der Waals surface area contributed by atoms with Crippen LogP contribution >= 0.6 is 0 Å². The fourth-order valence-electron chi connectivity index (χ4n) is 3.48. The maximum atomic E-state index is 11.7. The van der Waals surface area contributed by atoms with Gasteiger partial charge in [-0.1, -0.05) is 18.9 Å². The highest BCUT2D eigenvalue weighted by atomic mass is 16.2. The summed E-state index contributed by atoms with van der Waals surface area (Å²) < 4.78 is 0. The zero-order valence-corrected chi connectivity index (χ0v) is 15.3. The first kappa shape index (κ1) is 18.8. The Balaban J connectivity index is 1.81. The quantitative estimate of drug-likeness (QED) is 0.435. The minimum absolute atomic E-state index is 0.00533. The largest absolute Gasteiger partial charge is 0.354 e. The highest BCUT2D eigenvalue weighted by Gasteiger charge is 2.27. The molecule has 2 fully saturated rings. The molecule has 1 saturated carbocycles. The monoisotopic (exact) mass is 335 g/mol. The van der Waals surface area contributed by atoms with Crippen LogP contribution in [0.25, 0.3) is 0 Å². The molecule has 0 bridgehead atoms. The maximum absolute atomic E-state index is 11.7. The van der Waals surface area contributed by atoms with Crippen LogP contribution < -0.4 is 10.6 Å². The topological polar surface area (TPSA) is 60.0 Å². The molecule has 1 saturated heterocycles. The van der Waals surface area contributed by atoms with E-state index in [9.17, 15) is 4.79 Å². The number of carbonyl (C=O) groups is 1. The lowest BCUT2D eigenvalue weighted by molar-refractivity contribution is -0.127. The summed E-state index contributed by atoms with van der Waals surface area (Å²) in [6.45, 7) is 6.86. The van der Waals surface area contributed by atoms with E-state index in [4.69, 9.17) is 0 Å². The molecule has 24 heavy (non-hydrogen) atoms. The van der Waals surface area contributed by atoms with Gasteiger partial charge in [0.2, 0.25) is 5.91 Å². The van der Waals surface area contributed by atoms with Crippen LogP contribution in [0.2, 0.25) is 0 Å². The van der Waals surface area contributed by atoms with Crippen molar-refractivity contribution in [3.05, 3.63) is 12.7 Å². The van der Waals surface area contributed by atoms with Gasteiger partial charge in [-0.2, -0.15) is 0 Å². The molecule has 1 aliphatic heterocycles. The SMILES string of the molecule is C=CCNC(=NCC(=O)N(C)C)NC1CCN(C2CCCC2)CC1. The predicted molar refractivity (Wildman–Crippen MR) is 99.2 cm³/mol. The average Bonchev–Trinajstić information content (AvgIpc) is 3.12. The molecule has 0 aromatic rings. The number of amides is 1. The van der Waals surface area contributed by atoms with Gasteiger partial charge in [0.05, 0.1) is 0 Å². The van der Waals surface area contributed by atoms with Gasteiger partial charge in [-0.25, -0.2) is 4.99 Å². The van der Waals surface area contributed by atoms with E-state index in [2.05, 4.69) is 27.1 Å². The summed E-state index contributed by atoms with van der Waals surface area (Å²) >= 11 is 0. The number of carbonyl (C=O) groups excluding carboxylic acids is 1. The summed E-state index contributed by atoms with van der Waals surface area (Å²) in [5.74, 6) is 0.718. The third kappa shape index (κ3) is 5.82. The van der Waals surface area contributed by atoms with Crippen LogP contribution in [0.1, 0.15) is 38.5 Å². The Labute approximate surface area is 146 Å². The minimum Gasteiger partial charge on any atom is -0.354 e. The smallest absolute Gasteiger partial charge is 0.243 e. The number of likely N-dealkylation sites (N-methyl/N-ethyl adjacent to an activating group) is 1. The predicted octanol–water partition coefficient (Wildman–Crippen LogP) is 1.20. The molecule has 6 nitrogen and oxygen atoms in total. The van der Waals surface area contributed by atoms with Crippen LogP contribution in [-0.4, -0.2) is 74.0 Å². The van der Waals surface area contributed by atoms with E-state index in [-0.39, 0.29) is 12.5 Å². The van der Waals surface area contributed by atoms with E-state index in [1.165, 1.54) is 25.7 Å². The van der Waals surface area contributed by atoms with Crippen LogP contribution in [0, 0.1) is 0 Å². The molecule has 2 N–H and O–H groups in total. The molecule has 0 aromatic carbocycles. The summed E-state index contributed by atoms with van der Waals surface area (Å²) in [6.07, 6.45) is 9.60. The molecule has 1 heterocycles. The number of hydrogen-bond acceptors (Lipinski definition) is 3. The lowest BCUT2D eigenvalue weighted by Gasteiger charge is -2.36. The summed E-state index contributed by atoms with van der Waals surface area (Å²) in [6, 6.07) is 1.24. The number of hydrogen-bond donors (Lipinski definition) is 2. The van der Waals surface area contributed by atoms with Gasteiger partial charge in [0, 0.05) is 45.8 Å². The maximum Gasteiger partial charge on any atom is 0.243 e. The molecule has 136 valence electrons. The number of nitrogens with zero attached hydrogens (tertiary/aromatic N) is 3. The van der Waals surface area contributed by atoms with E-state index in [0.717, 1.165) is 32.0 Å². The van der Waals surface area contributed by atoms with Crippen molar-refractivity contribution in [2.45, 2.75) is 50.6 Å². The van der Waals surface area contributed by atoms with Gasteiger partial charge < -0.3 is 20.4 Å². The van der Waals surface area contributed by atoms with Gasteiger partial charge in [0.1, 0.15) is 6.54 Å². The van der Waals surface area contributed by atoms with Gasteiger partial charge in [-0.15, -0.1) is 6.58 Å². The standard InChI is InChI=1S/C18H33N5O/c1-4-11-19-18(20-14-17(24)22(2)3)21-15-9-12-23(13-10-15)16-7-5-6-8-16/h4,15-16H,1,5-14H2,2-3H3,(H2,19,20,21). The Morgan fingerprint density at radius 1 is 1.25 bits per heavy atom. The van der Waals surface area contributed by atoms with E-state index in [1.54, 1.807) is 25.1 Å².